The van der Waals surface area contributed by atoms with Crippen molar-refractivity contribution in [2.24, 2.45) is 0 Å². The first kappa shape index (κ1) is 10.6. The van der Waals surface area contributed by atoms with E-state index in [0.29, 0.717) is 12.1 Å². The normalized spacial score (nSPS) is 17.0. The molecule has 1 aliphatic rings. The lowest BCUT2D eigenvalue weighted by atomic mass is 10.1. The zero-order valence-electron chi connectivity index (χ0n) is 10.0. The monoisotopic (exact) mass is 227 g/mol. The number of nitrogens with one attached hydrogen (secondary N) is 1. The molecule has 1 aliphatic carbocycles. The third kappa shape index (κ3) is 2.13. The van der Waals surface area contributed by atoms with Crippen LogP contribution in [0.1, 0.15) is 29.7 Å². The fourth-order valence-corrected chi connectivity index (χ4v) is 2.65. The third-order valence-electron chi connectivity index (χ3n) is 3.58. The molecule has 1 N–H and O–H groups in total. The zero-order valence-corrected chi connectivity index (χ0v) is 10.0. The molecule has 1 atom stereocenters. The van der Waals surface area contributed by atoms with Gasteiger partial charge in [0.25, 0.3) is 0 Å². The molecule has 1 aromatic heterocycles. The minimum atomic E-state index is 0.355. The summed E-state index contributed by atoms with van der Waals surface area (Å²) in [4.78, 5) is 0. The van der Waals surface area contributed by atoms with Crippen LogP contribution in [-0.2, 0) is 12.8 Å². The molecule has 0 spiro atoms. The van der Waals surface area contributed by atoms with Gasteiger partial charge in [-0.25, -0.2) is 0 Å². The van der Waals surface area contributed by atoms with Crippen LogP contribution in [0.4, 0.5) is 0 Å². The van der Waals surface area contributed by atoms with Crippen LogP contribution in [0.15, 0.2) is 47.3 Å². The van der Waals surface area contributed by atoms with Crippen LogP contribution in [-0.4, -0.2) is 6.04 Å². The number of hydrogen-bond acceptors (Lipinski definition) is 2. The van der Waals surface area contributed by atoms with Crippen LogP contribution in [0, 0.1) is 0 Å². The molecule has 1 aromatic carbocycles. The molecule has 17 heavy (non-hydrogen) atoms. The standard InChI is InChI=1S/C15H17NO/c1-11(14-6-7-17-10-14)16-15-8-12-4-2-3-5-13(12)9-15/h2-7,10-11,15-16H,8-9H2,1H3. The molecule has 0 radical (unpaired) electrons. The molecule has 1 heterocycles. The van der Waals surface area contributed by atoms with Crippen molar-refractivity contribution in [2.75, 3.05) is 0 Å². The van der Waals surface area contributed by atoms with Gasteiger partial charge < -0.3 is 9.73 Å². The maximum absolute atomic E-state index is 5.12. The first-order valence-electron chi connectivity index (χ1n) is 6.18. The quantitative estimate of drug-likeness (QED) is 0.871. The summed E-state index contributed by atoms with van der Waals surface area (Å²) in [5.41, 5.74) is 4.20. The third-order valence-corrected chi connectivity index (χ3v) is 3.58. The van der Waals surface area contributed by atoms with Crippen molar-refractivity contribution in [3.05, 3.63) is 59.5 Å². The molecule has 0 saturated heterocycles. The van der Waals surface area contributed by atoms with E-state index in [2.05, 4.69) is 36.5 Å². The number of furan rings is 1. The lowest BCUT2D eigenvalue weighted by molar-refractivity contribution is 0.462. The number of benzene rings is 1. The molecule has 0 bridgehead atoms. The van der Waals surface area contributed by atoms with Gasteiger partial charge in [0, 0.05) is 17.6 Å². The molecule has 2 nitrogen and oxygen atoms in total. The van der Waals surface area contributed by atoms with Crippen molar-refractivity contribution in [1.29, 1.82) is 0 Å². The first-order valence-corrected chi connectivity index (χ1v) is 6.18. The van der Waals surface area contributed by atoms with E-state index in [4.69, 9.17) is 4.42 Å². The van der Waals surface area contributed by atoms with Gasteiger partial charge in [0.15, 0.2) is 0 Å². The summed E-state index contributed by atoms with van der Waals surface area (Å²) in [7, 11) is 0. The molecule has 0 amide bonds. The summed E-state index contributed by atoms with van der Waals surface area (Å²) in [6, 6.07) is 11.7. The van der Waals surface area contributed by atoms with Crippen LogP contribution < -0.4 is 5.32 Å². The lowest BCUT2D eigenvalue weighted by Gasteiger charge is -2.17. The molecular weight excluding hydrogens is 210 g/mol. The number of hydrogen-bond donors (Lipinski definition) is 1. The summed E-state index contributed by atoms with van der Waals surface area (Å²) in [5, 5.41) is 3.67. The Kier molecular flexibility index (Phi) is 2.73. The van der Waals surface area contributed by atoms with Gasteiger partial charge in [0.2, 0.25) is 0 Å². The Bertz CT molecular complexity index is 464. The van der Waals surface area contributed by atoms with E-state index in [1.54, 1.807) is 6.26 Å². The highest BCUT2D eigenvalue weighted by Gasteiger charge is 2.22. The highest BCUT2D eigenvalue weighted by molar-refractivity contribution is 5.33. The smallest absolute Gasteiger partial charge is 0.0950 e. The van der Waals surface area contributed by atoms with Gasteiger partial charge >= 0.3 is 0 Å². The summed E-state index contributed by atoms with van der Waals surface area (Å²) in [5.74, 6) is 0. The molecule has 0 saturated carbocycles. The van der Waals surface area contributed by atoms with Crippen molar-refractivity contribution >= 4 is 0 Å². The SMILES string of the molecule is CC(NC1Cc2ccccc2C1)c1ccoc1. The number of fused-ring (bicyclic) bond motifs is 1. The van der Waals surface area contributed by atoms with Crippen molar-refractivity contribution < 1.29 is 4.42 Å². The topological polar surface area (TPSA) is 25.2 Å². The van der Waals surface area contributed by atoms with E-state index in [-0.39, 0.29) is 0 Å². The zero-order chi connectivity index (χ0) is 11.7. The van der Waals surface area contributed by atoms with Crippen LogP contribution >= 0.6 is 0 Å². The summed E-state index contributed by atoms with van der Waals surface area (Å²) in [6.07, 6.45) is 5.83. The summed E-state index contributed by atoms with van der Waals surface area (Å²) >= 11 is 0. The van der Waals surface area contributed by atoms with E-state index < -0.39 is 0 Å². The molecule has 2 aromatic rings. The van der Waals surface area contributed by atoms with Crippen LogP contribution in [0.2, 0.25) is 0 Å². The van der Waals surface area contributed by atoms with Gasteiger partial charge in [0.1, 0.15) is 0 Å². The second-order valence-electron chi connectivity index (χ2n) is 4.82. The Labute approximate surface area is 102 Å². The maximum atomic E-state index is 5.12. The molecule has 0 aliphatic heterocycles. The van der Waals surface area contributed by atoms with Gasteiger partial charge in [-0.05, 0) is 37.0 Å². The fraction of sp³-hybridized carbons (Fsp3) is 0.333. The summed E-state index contributed by atoms with van der Waals surface area (Å²) in [6.45, 7) is 2.19. The highest BCUT2D eigenvalue weighted by Crippen LogP contribution is 2.24. The fourth-order valence-electron chi connectivity index (χ4n) is 2.65. The van der Waals surface area contributed by atoms with E-state index in [0.717, 1.165) is 12.8 Å². The lowest BCUT2D eigenvalue weighted by Crippen LogP contribution is -2.31. The van der Waals surface area contributed by atoms with Crippen molar-refractivity contribution in [3.63, 3.8) is 0 Å². The Morgan fingerprint density at radius 3 is 2.47 bits per heavy atom. The Hall–Kier alpha value is -1.54. The second kappa shape index (κ2) is 4.38. The Morgan fingerprint density at radius 1 is 1.18 bits per heavy atom. The largest absolute Gasteiger partial charge is 0.472 e. The van der Waals surface area contributed by atoms with Crippen LogP contribution in [0.5, 0.6) is 0 Å². The molecule has 88 valence electrons. The van der Waals surface area contributed by atoms with E-state index >= 15 is 0 Å². The molecule has 1 unspecified atom stereocenters. The van der Waals surface area contributed by atoms with Gasteiger partial charge in [-0.1, -0.05) is 24.3 Å². The van der Waals surface area contributed by atoms with Crippen molar-refractivity contribution in [3.8, 4) is 0 Å². The van der Waals surface area contributed by atoms with Gasteiger partial charge in [-0.2, -0.15) is 0 Å². The second-order valence-corrected chi connectivity index (χ2v) is 4.82. The van der Waals surface area contributed by atoms with E-state index in [1.165, 1.54) is 16.7 Å². The molecule has 3 rings (SSSR count). The van der Waals surface area contributed by atoms with Crippen molar-refractivity contribution in [1.82, 2.24) is 5.32 Å². The van der Waals surface area contributed by atoms with Gasteiger partial charge in [0.05, 0.1) is 12.5 Å². The minimum Gasteiger partial charge on any atom is -0.472 e. The minimum absolute atomic E-state index is 0.355. The number of rotatable bonds is 3. The maximum Gasteiger partial charge on any atom is 0.0950 e. The molecule has 2 heteroatoms. The van der Waals surface area contributed by atoms with Crippen LogP contribution in [0.3, 0.4) is 0 Å². The average molecular weight is 227 g/mol. The molecular formula is C15H17NO. The van der Waals surface area contributed by atoms with Gasteiger partial charge in [-0.3, -0.25) is 0 Å². The predicted octanol–water partition coefficient (Wildman–Crippen LogP) is 3.10. The first-order chi connectivity index (χ1) is 8.33. The van der Waals surface area contributed by atoms with Gasteiger partial charge in [-0.15, -0.1) is 0 Å². The van der Waals surface area contributed by atoms with Crippen molar-refractivity contribution in [2.45, 2.75) is 31.8 Å². The molecule has 0 fully saturated rings. The van der Waals surface area contributed by atoms with Crippen LogP contribution in [0.25, 0.3) is 0 Å². The Balaban J connectivity index is 1.66. The van der Waals surface area contributed by atoms with E-state index in [9.17, 15) is 0 Å². The highest BCUT2D eigenvalue weighted by atomic mass is 16.3. The summed E-state index contributed by atoms with van der Waals surface area (Å²) < 4.78 is 5.12. The predicted molar refractivity (Wildman–Crippen MR) is 67.9 cm³/mol. The Morgan fingerprint density at radius 2 is 1.88 bits per heavy atom. The average Bonchev–Trinajstić information content (AvgIpc) is 2.97. The van der Waals surface area contributed by atoms with E-state index in [1.807, 2.05) is 12.3 Å².